The van der Waals surface area contributed by atoms with Gasteiger partial charge in [-0.05, 0) is 17.7 Å². The minimum atomic E-state index is -1.20. The number of rotatable bonds is 4. The number of furan rings is 1. The lowest BCUT2D eigenvalue weighted by Crippen LogP contribution is -2.22. The van der Waals surface area contributed by atoms with E-state index >= 15 is 0 Å². The van der Waals surface area contributed by atoms with Crippen LogP contribution < -0.4 is 5.32 Å². The Hall–Kier alpha value is -2.56. The number of carbonyl (C=O) groups excluding carboxylic acids is 1. The Kier molecular flexibility index (Phi) is 3.43. The van der Waals surface area contributed by atoms with Crippen molar-refractivity contribution in [1.29, 1.82) is 0 Å². The van der Waals surface area contributed by atoms with Crippen LogP contribution in [0, 0.1) is 0 Å². The predicted octanol–water partition coefficient (Wildman–Crippen LogP) is 1.91. The normalized spacial score (nSPS) is 10.0. The molecule has 5 nitrogen and oxygen atoms in total. The number of hydrogen-bond donors (Lipinski definition) is 2. The van der Waals surface area contributed by atoms with Crippen molar-refractivity contribution in [3.63, 3.8) is 0 Å². The Labute approximate surface area is 103 Å². The number of carbonyl (C=O) groups is 2. The first-order chi connectivity index (χ1) is 8.66. The highest BCUT2D eigenvalue weighted by Crippen LogP contribution is 2.08. The van der Waals surface area contributed by atoms with Gasteiger partial charge in [-0.25, -0.2) is 4.79 Å². The molecule has 0 aliphatic carbocycles. The third kappa shape index (κ3) is 2.76. The number of amides is 1. The van der Waals surface area contributed by atoms with Gasteiger partial charge in [0.1, 0.15) is 0 Å². The van der Waals surface area contributed by atoms with E-state index in [4.69, 9.17) is 9.52 Å². The van der Waals surface area contributed by atoms with Crippen LogP contribution >= 0.6 is 0 Å². The molecule has 18 heavy (non-hydrogen) atoms. The van der Waals surface area contributed by atoms with E-state index in [2.05, 4.69) is 5.32 Å². The zero-order valence-corrected chi connectivity index (χ0v) is 9.42. The predicted molar refractivity (Wildman–Crippen MR) is 63.3 cm³/mol. The lowest BCUT2D eigenvalue weighted by molar-refractivity contribution is 0.0659. The zero-order chi connectivity index (χ0) is 13.0. The number of benzene rings is 1. The summed E-state index contributed by atoms with van der Waals surface area (Å²) in [5, 5.41) is 11.3. The molecule has 0 spiro atoms. The van der Waals surface area contributed by atoms with Gasteiger partial charge < -0.3 is 14.8 Å². The number of nitrogens with one attached hydrogen (secondary N) is 1. The molecule has 2 rings (SSSR count). The summed E-state index contributed by atoms with van der Waals surface area (Å²) < 4.78 is 4.88. The monoisotopic (exact) mass is 245 g/mol. The van der Waals surface area contributed by atoms with Crippen molar-refractivity contribution in [2.24, 2.45) is 0 Å². The average Bonchev–Trinajstić information content (AvgIpc) is 2.87. The molecule has 0 unspecified atom stereocenters. The lowest BCUT2D eigenvalue weighted by atomic mass is 10.2. The van der Waals surface area contributed by atoms with Gasteiger partial charge in [-0.3, -0.25) is 4.79 Å². The van der Waals surface area contributed by atoms with Crippen molar-refractivity contribution >= 4 is 11.9 Å². The Morgan fingerprint density at radius 1 is 1.06 bits per heavy atom. The summed E-state index contributed by atoms with van der Waals surface area (Å²) >= 11 is 0. The molecule has 0 aliphatic rings. The summed E-state index contributed by atoms with van der Waals surface area (Å²) in [5.74, 6) is -1.90. The number of hydrogen-bond acceptors (Lipinski definition) is 3. The minimum absolute atomic E-state index is 0.0108. The second kappa shape index (κ2) is 5.18. The SMILES string of the molecule is O=C(O)c1ccc(C(=O)NCc2ccccc2)o1. The second-order valence-electron chi connectivity index (χ2n) is 3.64. The maximum atomic E-state index is 11.7. The fraction of sp³-hybridized carbons (Fsp3) is 0.0769. The van der Waals surface area contributed by atoms with Crippen LogP contribution in [-0.2, 0) is 6.54 Å². The quantitative estimate of drug-likeness (QED) is 0.862. The molecule has 0 radical (unpaired) electrons. The standard InChI is InChI=1S/C13H11NO4/c15-12(10-6-7-11(18-10)13(16)17)14-8-9-4-2-1-3-5-9/h1-7H,8H2,(H,14,15)(H,16,17). The first-order valence-corrected chi connectivity index (χ1v) is 5.32. The first kappa shape index (κ1) is 11.9. The Morgan fingerprint density at radius 3 is 2.33 bits per heavy atom. The van der Waals surface area contributed by atoms with Gasteiger partial charge in [0.15, 0.2) is 5.76 Å². The molecule has 0 fully saturated rings. The third-order valence-electron chi connectivity index (χ3n) is 2.34. The fourth-order valence-electron chi connectivity index (χ4n) is 1.44. The van der Waals surface area contributed by atoms with E-state index in [0.717, 1.165) is 5.56 Å². The van der Waals surface area contributed by atoms with Crippen LogP contribution in [0.5, 0.6) is 0 Å². The summed E-state index contributed by atoms with van der Waals surface area (Å²) in [7, 11) is 0. The topological polar surface area (TPSA) is 79.5 Å². The van der Waals surface area contributed by atoms with Crippen molar-refractivity contribution < 1.29 is 19.1 Å². The van der Waals surface area contributed by atoms with Gasteiger partial charge in [0.25, 0.3) is 5.91 Å². The molecular weight excluding hydrogens is 234 g/mol. The molecule has 0 saturated carbocycles. The molecule has 0 bridgehead atoms. The van der Waals surface area contributed by atoms with Crippen molar-refractivity contribution in [1.82, 2.24) is 5.32 Å². The van der Waals surface area contributed by atoms with E-state index in [1.165, 1.54) is 12.1 Å². The van der Waals surface area contributed by atoms with E-state index < -0.39 is 11.9 Å². The molecular formula is C13H11NO4. The molecule has 1 heterocycles. The molecule has 1 aromatic heterocycles. The van der Waals surface area contributed by atoms with Crippen LogP contribution in [0.1, 0.15) is 26.7 Å². The van der Waals surface area contributed by atoms with E-state index in [-0.39, 0.29) is 11.5 Å². The van der Waals surface area contributed by atoms with E-state index in [1.54, 1.807) is 0 Å². The molecule has 2 aromatic rings. The first-order valence-electron chi connectivity index (χ1n) is 5.32. The largest absolute Gasteiger partial charge is 0.475 e. The second-order valence-corrected chi connectivity index (χ2v) is 3.64. The summed E-state index contributed by atoms with van der Waals surface area (Å²) in [6, 6.07) is 12.0. The Bertz CT molecular complexity index is 559. The van der Waals surface area contributed by atoms with Crippen molar-refractivity contribution in [3.05, 3.63) is 59.5 Å². The van der Waals surface area contributed by atoms with E-state index in [1.807, 2.05) is 30.3 Å². The molecule has 2 N–H and O–H groups in total. The average molecular weight is 245 g/mol. The highest BCUT2D eigenvalue weighted by molar-refractivity contribution is 5.93. The fourth-order valence-corrected chi connectivity index (χ4v) is 1.44. The van der Waals surface area contributed by atoms with Crippen LogP contribution in [0.3, 0.4) is 0 Å². The Morgan fingerprint density at radius 2 is 1.72 bits per heavy atom. The number of carboxylic acid groups (broad SMARTS) is 1. The summed E-state index contributed by atoms with van der Waals surface area (Å²) in [5.41, 5.74) is 0.955. The molecule has 0 saturated heterocycles. The Balaban J connectivity index is 1.97. The van der Waals surface area contributed by atoms with Crippen LogP contribution in [0.4, 0.5) is 0 Å². The van der Waals surface area contributed by atoms with Gasteiger partial charge in [-0.1, -0.05) is 30.3 Å². The molecule has 0 aliphatic heterocycles. The highest BCUT2D eigenvalue weighted by atomic mass is 16.4. The van der Waals surface area contributed by atoms with Crippen molar-refractivity contribution in [2.45, 2.75) is 6.54 Å². The van der Waals surface area contributed by atoms with E-state index in [0.29, 0.717) is 6.54 Å². The number of aromatic carboxylic acids is 1. The van der Waals surface area contributed by atoms with Crippen LogP contribution in [-0.4, -0.2) is 17.0 Å². The molecule has 1 amide bonds. The van der Waals surface area contributed by atoms with Gasteiger partial charge in [-0.2, -0.15) is 0 Å². The smallest absolute Gasteiger partial charge is 0.371 e. The number of carboxylic acids is 1. The van der Waals surface area contributed by atoms with Gasteiger partial charge in [0.2, 0.25) is 5.76 Å². The molecule has 5 heteroatoms. The molecule has 0 atom stereocenters. The lowest BCUT2D eigenvalue weighted by Gasteiger charge is -2.02. The van der Waals surface area contributed by atoms with Crippen molar-refractivity contribution in [3.8, 4) is 0 Å². The highest BCUT2D eigenvalue weighted by Gasteiger charge is 2.14. The van der Waals surface area contributed by atoms with Gasteiger partial charge >= 0.3 is 5.97 Å². The zero-order valence-electron chi connectivity index (χ0n) is 9.42. The maximum absolute atomic E-state index is 11.7. The summed E-state index contributed by atoms with van der Waals surface area (Å²) in [4.78, 5) is 22.2. The van der Waals surface area contributed by atoms with Crippen LogP contribution in [0.2, 0.25) is 0 Å². The van der Waals surface area contributed by atoms with Gasteiger partial charge in [-0.15, -0.1) is 0 Å². The third-order valence-corrected chi connectivity index (χ3v) is 2.34. The molecule has 1 aromatic carbocycles. The van der Waals surface area contributed by atoms with Gasteiger partial charge in [0.05, 0.1) is 0 Å². The maximum Gasteiger partial charge on any atom is 0.371 e. The summed E-state index contributed by atoms with van der Waals surface area (Å²) in [6.07, 6.45) is 0. The van der Waals surface area contributed by atoms with Crippen LogP contribution in [0.25, 0.3) is 0 Å². The van der Waals surface area contributed by atoms with Crippen molar-refractivity contribution in [2.75, 3.05) is 0 Å². The van der Waals surface area contributed by atoms with Gasteiger partial charge in [0, 0.05) is 6.54 Å². The van der Waals surface area contributed by atoms with E-state index in [9.17, 15) is 9.59 Å². The van der Waals surface area contributed by atoms with Crippen LogP contribution in [0.15, 0.2) is 46.9 Å². The summed E-state index contributed by atoms with van der Waals surface area (Å²) in [6.45, 7) is 0.364. The molecule has 92 valence electrons. The minimum Gasteiger partial charge on any atom is -0.475 e.